The highest BCUT2D eigenvalue weighted by molar-refractivity contribution is 5.93. The van der Waals surface area contributed by atoms with Crippen molar-refractivity contribution in [3.63, 3.8) is 0 Å². The molecule has 3 rings (SSSR count). The Morgan fingerprint density at radius 1 is 1.03 bits per heavy atom. The highest BCUT2D eigenvalue weighted by atomic mass is 16.6. The van der Waals surface area contributed by atoms with Gasteiger partial charge in [0.2, 0.25) is 11.8 Å². The van der Waals surface area contributed by atoms with Crippen molar-refractivity contribution >= 4 is 17.9 Å². The third kappa shape index (κ3) is 8.23. The molecule has 8 heteroatoms. The standard InChI is InChI=1S/C29H39N3O5/c1-19(2)17-23(31-28(36)37-29(3,4)5)27(35)32(21-15-16-21)25(22-13-9-10-14-24(22)33)26(34)30-18-20-11-7-6-8-12-20/h6-14,19,21,23,25,33H,15-18H2,1-5H3,(H,30,34)(H,31,36). The van der Waals surface area contributed by atoms with Gasteiger partial charge in [-0.05, 0) is 57.6 Å². The summed E-state index contributed by atoms with van der Waals surface area (Å²) in [6, 6.07) is 13.9. The van der Waals surface area contributed by atoms with Crippen LogP contribution in [0, 0.1) is 5.92 Å². The molecule has 8 nitrogen and oxygen atoms in total. The number of nitrogens with one attached hydrogen (secondary N) is 2. The van der Waals surface area contributed by atoms with Gasteiger partial charge in [0.1, 0.15) is 23.4 Å². The minimum Gasteiger partial charge on any atom is -0.508 e. The Labute approximate surface area is 219 Å². The zero-order valence-corrected chi connectivity index (χ0v) is 22.4. The average molecular weight is 510 g/mol. The molecule has 37 heavy (non-hydrogen) atoms. The fraction of sp³-hybridized carbons (Fsp3) is 0.483. The van der Waals surface area contributed by atoms with Gasteiger partial charge >= 0.3 is 6.09 Å². The van der Waals surface area contributed by atoms with E-state index in [1.807, 2.05) is 44.2 Å². The van der Waals surface area contributed by atoms with Crippen LogP contribution in [0.25, 0.3) is 0 Å². The van der Waals surface area contributed by atoms with E-state index >= 15 is 0 Å². The molecule has 200 valence electrons. The van der Waals surface area contributed by atoms with Crippen molar-refractivity contribution < 1.29 is 24.2 Å². The Balaban J connectivity index is 1.94. The molecule has 1 saturated carbocycles. The molecule has 1 aliphatic rings. The largest absolute Gasteiger partial charge is 0.508 e. The lowest BCUT2D eigenvalue weighted by Crippen LogP contribution is -2.54. The first kappa shape index (κ1) is 28.0. The molecule has 2 aromatic rings. The van der Waals surface area contributed by atoms with Gasteiger partial charge in [0, 0.05) is 18.2 Å². The monoisotopic (exact) mass is 509 g/mol. The number of carbonyl (C=O) groups is 3. The number of nitrogens with zero attached hydrogens (tertiary/aromatic N) is 1. The third-order valence-corrected chi connectivity index (χ3v) is 5.96. The van der Waals surface area contributed by atoms with Crippen LogP contribution in [-0.4, -0.2) is 45.6 Å². The number of carbonyl (C=O) groups excluding carboxylic acids is 3. The number of aromatic hydroxyl groups is 1. The van der Waals surface area contributed by atoms with E-state index in [1.165, 1.54) is 6.07 Å². The van der Waals surface area contributed by atoms with E-state index in [0.29, 0.717) is 12.0 Å². The maximum atomic E-state index is 14.1. The zero-order chi connectivity index (χ0) is 27.2. The summed E-state index contributed by atoms with van der Waals surface area (Å²) < 4.78 is 5.41. The molecule has 0 aliphatic heterocycles. The molecule has 0 bridgehead atoms. The second kappa shape index (κ2) is 12.1. The predicted octanol–water partition coefficient (Wildman–Crippen LogP) is 4.68. The summed E-state index contributed by atoms with van der Waals surface area (Å²) >= 11 is 0. The summed E-state index contributed by atoms with van der Waals surface area (Å²) in [7, 11) is 0. The van der Waals surface area contributed by atoms with Crippen molar-refractivity contribution in [1.29, 1.82) is 0 Å². The van der Waals surface area contributed by atoms with Crippen molar-refractivity contribution in [3.8, 4) is 5.75 Å². The lowest BCUT2D eigenvalue weighted by Gasteiger charge is -2.35. The number of benzene rings is 2. The number of phenols is 1. The SMILES string of the molecule is CC(C)CC(NC(=O)OC(C)(C)C)C(=O)N(C1CC1)C(C(=O)NCc1ccccc1)c1ccccc1O. The number of ether oxygens (including phenoxy) is 1. The van der Waals surface area contributed by atoms with Crippen LogP contribution in [0.5, 0.6) is 5.75 Å². The van der Waals surface area contributed by atoms with Crippen LogP contribution in [0.4, 0.5) is 4.79 Å². The lowest BCUT2D eigenvalue weighted by atomic mass is 9.98. The summed E-state index contributed by atoms with van der Waals surface area (Å²) in [5.74, 6) is -0.738. The van der Waals surface area contributed by atoms with Gasteiger partial charge in [-0.15, -0.1) is 0 Å². The van der Waals surface area contributed by atoms with Gasteiger partial charge in [-0.3, -0.25) is 9.59 Å². The zero-order valence-electron chi connectivity index (χ0n) is 22.4. The van der Waals surface area contributed by atoms with E-state index in [4.69, 9.17) is 4.74 Å². The Morgan fingerprint density at radius 2 is 1.65 bits per heavy atom. The molecule has 2 aromatic carbocycles. The number of hydrogen-bond donors (Lipinski definition) is 3. The molecule has 1 fully saturated rings. The van der Waals surface area contributed by atoms with Gasteiger partial charge in [0.15, 0.2) is 0 Å². The highest BCUT2D eigenvalue weighted by Crippen LogP contribution is 2.38. The maximum absolute atomic E-state index is 14.1. The minimum atomic E-state index is -1.06. The highest BCUT2D eigenvalue weighted by Gasteiger charge is 2.44. The third-order valence-electron chi connectivity index (χ3n) is 5.96. The van der Waals surface area contributed by atoms with E-state index in [2.05, 4.69) is 10.6 Å². The summed E-state index contributed by atoms with van der Waals surface area (Å²) in [6.45, 7) is 9.48. The van der Waals surface area contributed by atoms with Gasteiger partial charge in [0.25, 0.3) is 0 Å². The average Bonchev–Trinajstić information content (AvgIpc) is 3.65. The molecular formula is C29H39N3O5. The summed E-state index contributed by atoms with van der Waals surface area (Å²) in [6.07, 6.45) is 1.17. The molecule has 0 spiro atoms. The molecule has 3 amide bonds. The lowest BCUT2D eigenvalue weighted by molar-refractivity contribution is -0.143. The van der Waals surface area contributed by atoms with Gasteiger partial charge in [0.05, 0.1) is 0 Å². The Kier molecular flexibility index (Phi) is 9.18. The fourth-order valence-electron chi connectivity index (χ4n) is 4.21. The van der Waals surface area contributed by atoms with Crippen LogP contribution in [0.2, 0.25) is 0 Å². The number of phenolic OH excluding ortho intramolecular Hbond substituents is 1. The summed E-state index contributed by atoms with van der Waals surface area (Å²) in [5.41, 5.74) is 0.538. The Hall–Kier alpha value is -3.55. The number of hydrogen-bond acceptors (Lipinski definition) is 5. The normalized spacial score (nSPS) is 15.0. The molecule has 0 aromatic heterocycles. The van der Waals surface area contributed by atoms with Gasteiger partial charge < -0.3 is 25.4 Å². The second-order valence-electron chi connectivity index (χ2n) is 11.0. The molecular weight excluding hydrogens is 470 g/mol. The molecule has 2 unspecified atom stereocenters. The molecule has 0 saturated heterocycles. The first-order chi connectivity index (χ1) is 17.5. The van der Waals surface area contributed by atoms with Crippen LogP contribution in [0.3, 0.4) is 0 Å². The van der Waals surface area contributed by atoms with E-state index in [1.54, 1.807) is 43.9 Å². The molecule has 1 aliphatic carbocycles. The van der Waals surface area contributed by atoms with Crippen LogP contribution in [0.1, 0.15) is 71.0 Å². The van der Waals surface area contributed by atoms with E-state index in [-0.39, 0.29) is 30.2 Å². The molecule has 3 N–H and O–H groups in total. The van der Waals surface area contributed by atoms with Crippen LogP contribution in [-0.2, 0) is 20.9 Å². The Morgan fingerprint density at radius 3 is 2.22 bits per heavy atom. The van der Waals surface area contributed by atoms with Gasteiger partial charge in [-0.25, -0.2) is 4.79 Å². The van der Waals surface area contributed by atoms with Crippen LogP contribution < -0.4 is 10.6 Å². The van der Waals surface area contributed by atoms with Crippen molar-refractivity contribution in [2.24, 2.45) is 5.92 Å². The quantitative estimate of drug-likeness (QED) is 0.431. The van der Waals surface area contributed by atoms with Crippen LogP contribution in [0.15, 0.2) is 54.6 Å². The Bertz CT molecular complexity index is 1080. The first-order valence-electron chi connectivity index (χ1n) is 12.9. The van der Waals surface area contributed by atoms with Crippen molar-refractivity contribution in [2.75, 3.05) is 0 Å². The molecule has 0 heterocycles. The summed E-state index contributed by atoms with van der Waals surface area (Å²) in [4.78, 5) is 41.9. The van der Waals surface area contributed by atoms with E-state index in [0.717, 1.165) is 18.4 Å². The molecule has 2 atom stereocenters. The van der Waals surface area contributed by atoms with Gasteiger partial charge in [-0.1, -0.05) is 62.4 Å². The number of para-hydroxylation sites is 1. The van der Waals surface area contributed by atoms with E-state index < -0.39 is 29.7 Å². The number of amides is 3. The van der Waals surface area contributed by atoms with E-state index in [9.17, 15) is 19.5 Å². The number of rotatable bonds is 10. The minimum absolute atomic E-state index is 0.0682. The van der Waals surface area contributed by atoms with Crippen molar-refractivity contribution in [1.82, 2.24) is 15.5 Å². The second-order valence-corrected chi connectivity index (χ2v) is 11.0. The smallest absolute Gasteiger partial charge is 0.408 e. The fourth-order valence-corrected chi connectivity index (χ4v) is 4.21. The maximum Gasteiger partial charge on any atom is 0.408 e. The predicted molar refractivity (Wildman–Crippen MR) is 142 cm³/mol. The number of alkyl carbamates (subject to hydrolysis) is 1. The summed E-state index contributed by atoms with van der Waals surface area (Å²) in [5, 5.41) is 16.4. The van der Waals surface area contributed by atoms with Crippen LogP contribution >= 0.6 is 0 Å². The van der Waals surface area contributed by atoms with Crippen molar-refractivity contribution in [3.05, 3.63) is 65.7 Å². The molecule has 0 radical (unpaired) electrons. The van der Waals surface area contributed by atoms with Gasteiger partial charge in [-0.2, -0.15) is 0 Å². The topological polar surface area (TPSA) is 108 Å². The van der Waals surface area contributed by atoms with Crippen molar-refractivity contribution in [2.45, 2.75) is 84.2 Å². The first-order valence-corrected chi connectivity index (χ1v) is 12.9.